The highest BCUT2D eigenvalue weighted by Gasteiger charge is 2.13. The first-order valence-electron chi connectivity index (χ1n) is 8.94. The molecule has 3 heterocycles. The first-order valence-corrected chi connectivity index (χ1v) is 8.94. The summed E-state index contributed by atoms with van der Waals surface area (Å²) in [6.07, 6.45) is 7.17. The van der Waals surface area contributed by atoms with Gasteiger partial charge in [-0.25, -0.2) is 4.98 Å². The lowest BCUT2D eigenvalue weighted by Crippen LogP contribution is -2.28. The summed E-state index contributed by atoms with van der Waals surface area (Å²) in [5, 5.41) is 18.9. The molecule has 0 radical (unpaired) electrons. The molecular weight excluding hydrogens is 316 g/mol. The van der Waals surface area contributed by atoms with E-state index in [0.29, 0.717) is 12.5 Å². The molecule has 0 aliphatic carbocycles. The van der Waals surface area contributed by atoms with Crippen LogP contribution in [0.3, 0.4) is 0 Å². The summed E-state index contributed by atoms with van der Waals surface area (Å²) in [7, 11) is 0. The van der Waals surface area contributed by atoms with Gasteiger partial charge in [0.2, 0.25) is 5.95 Å². The molecule has 2 aromatic heterocycles. The maximum absolute atomic E-state index is 9.02. The highest BCUT2D eigenvalue weighted by Crippen LogP contribution is 2.21. The molecule has 4 N–H and O–H groups in total. The van der Waals surface area contributed by atoms with Gasteiger partial charge in [0.1, 0.15) is 5.82 Å². The van der Waals surface area contributed by atoms with Gasteiger partial charge in [-0.2, -0.15) is 4.98 Å². The monoisotopic (exact) mass is 342 g/mol. The largest absolute Gasteiger partial charge is 0.395 e. The number of aromatic nitrogens is 3. The zero-order valence-electron chi connectivity index (χ0n) is 14.4. The van der Waals surface area contributed by atoms with Crippen LogP contribution in [0, 0.1) is 5.92 Å². The van der Waals surface area contributed by atoms with E-state index in [4.69, 9.17) is 5.11 Å². The lowest BCUT2D eigenvalue weighted by Gasteiger charge is -2.22. The van der Waals surface area contributed by atoms with Gasteiger partial charge in [-0.3, -0.25) is 4.98 Å². The first kappa shape index (κ1) is 17.6. The zero-order chi connectivity index (χ0) is 17.3. The Hall–Kier alpha value is -2.25. The minimum atomic E-state index is 0.0406. The molecule has 1 fully saturated rings. The number of aliphatic hydroxyl groups excluding tert-OH is 1. The Kier molecular flexibility index (Phi) is 6.53. The van der Waals surface area contributed by atoms with Crippen molar-refractivity contribution in [3.05, 3.63) is 30.6 Å². The number of pyridine rings is 1. The van der Waals surface area contributed by atoms with Gasteiger partial charge >= 0.3 is 0 Å². The van der Waals surface area contributed by atoms with Gasteiger partial charge in [0, 0.05) is 37.1 Å². The minimum absolute atomic E-state index is 0.0406. The predicted octanol–water partition coefficient (Wildman–Crippen LogP) is 1.74. The second-order valence-corrected chi connectivity index (χ2v) is 6.26. The first-order chi connectivity index (χ1) is 12.3. The van der Waals surface area contributed by atoms with Crippen molar-refractivity contribution in [1.82, 2.24) is 20.3 Å². The van der Waals surface area contributed by atoms with Crippen molar-refractivity contribution in [1.29, 1.82) is 0 Å². The summed E-state index contributed by atoms with van der Waals surface area (Å²) in [6.45, 7) is 3.61. The van der Waals surface area contributed by atoms with Gasteiger partial charge in [-0.15, -0.1) is 0 Å². The maximum Gasteiger partial charge on any atom is 0.225 e. The standard InChI is InChI=1S/C18H26N6O/c25-11-10-22-18-23-16(15-2-1-6-20-13-15)12-17(24-18)21-9-5-14-3-7-19-8-4-14/h1-2,6,12-14,19,25H,3-5,7-11H2,(H2,21,22,23,24). The summed E-state index contributed by atoms with van der Waals surface area (Å²) in [5.41, 5.74) is 1.76. The second kappa shape index (κ2) is 9.29. The van der Waals surface area contributed by atoms with E-state index in [0.717, 1.165) is 49.0 Å². The fourth-order valence-electron chi connectivity index (χ4n) is 3.02. The molecule has 0 unspecified atom stereocenters. The van der Waals surface area contributed by atoms with Crippen molar-refractivity contribution in [3.8, 4) is 11.3 Å². The second-order valence-electron chi connectivity index (χ2n) is 6.26. The molecule has 134 valence electrons. The van der Waals surface area contributed by atoms with Crippen LogP contribution in [0.2, 0.25) is 0 Å². The Morgan fingerprint density at radius 1 is 1.16 bits per heavy atom. The van der Waals surface area contributed by atoms with Gasteiger partial charge in [-0.05, 0) is 50.4 Å². The van der Waals surface area contributed by atoms with Crippen molar-refractivity contribution >= 4 is 11.8 Å². The molecule has 1 saturated heterocycles. The molecule has 7 nitrogen and oxygen atoms in total. The van der Waals surface area contributed by atoms with E-state index in [-0.39, 0.29) is 6.61 Å². The van der Waals surface area contributed by atoms with Gasteiger partial charge in [-0.1, -0.05) is 0 Å². The maximum atomic E-state index is 9.02. The van der Waals surface area contributed by atoms with E-state index in [2.05, 4.69) is 30.9 Å². The third-order valence-electron chi connectivity index (χ3n) is 4.40. The Morgan fingerprint density at radius 2 is 2.04 bits per heavy atom. The van der Waals surface area contributed by atoms with Crippen LogP contribution >= 0.6 is 0 Å². The average molecular weight is 342 g/mol. The number of hydrogen-bond donors (Lipinski definition) is 4. The van der Waals surface area contributed by atoms with E-state index in [9.17, 15) is 0 Å². The van der Waals surface area contributed by atoms with Crippen LogP contribution in [0.15, 0.2) is 30.6 Å². The molecule has 1 aliphatic heterocycles. The van der Waals surface area contributed by atoms with Gasteiger partial charge in [0.25, 0.3) is 0 Å². The van der Waals surface area contributed by atoms with Crippen LogP contribution in [0.1, 0.15) is 19.3 Å². The smallest absolute Gasteiger partial charge is 0.225 e. The van der Waals surface area contributed by atoms with E-state index < -0.39 is 0 Å². The highest BCUT2D eigenvalue weighted by molar-refractivity contribution is 5.63. The van der Waals surface area contributed by atoms with Crippen LogP contribution < -0.4 is 16.0 Å². The van der Waals surface area contributed by atoms with E-state index in [1.807, 2.05) is 18.2 Å². The van der Waals surface area contributed by atoms with Crippen LogP contribution in [-0.4, -0.2) is 52.8 Å². The molecule has 1 aliphatic rings. The average Bonchev–Trinajstić information content (AvgIpc) is 2.68. The Labute approximate surface area is 148 Å². The van der Waals surface area contributed by atoms with Gasteiger partial charge < -0.3 is 21.1 Å². The Morgan fingerprint density at radius 3 is 2.80 bits per heavy atom. The number of nitrogens with zero attached hydrogens (tertiary/aromatic N) is 3. The lowest BCUT2D eigenvalue weighted by atomic mass is 9.95. The van der Waals surface area contributed by atoms with Crippen LogP contribution in [0.5, 0.6) is 0 Å². The number of piperidine rings is 1. The fourth-order valence-corrected chi connectivity index (χ4v) is 3.02. The number of hydrogen-bond acceptors (Lipinski definition) is 7. The quantitative estimate of drug-likeness (QED) is 0.580. The third-order valence-corrected chi connectivity index (χ3v) is 4.40. The summed E-state index contributed by atoms with van der Waals surface area (Å²) < 4.78 is 0. The molecule has 0 spiro atoms. The van der Waals surface area contributed by atoms with Crippen molar-refractivity contribution < 1.29 is 5.11 Å². The molecule has 0 saturated carbocycles. The normalized spacial score (nSPS) is 15.1. The molecule has 0 bridgehead atoms. The van der Waals surface area contributed by atoms with Crippen molar-refractivity contribution in [3.63, 3.8) is 0 Å². The lowest BCUT2D eigenvalue weighted by molar-refractivity contribution is 0.311. The predicted molar refractivity (Wildman–Crippen MR) is 99.5 cm³/mol. The SMILES string of the molecule is OCCNc1nc(NCCC2CCNCC2)cc(-c2cccnc2)n1. The summed E-state index contributed by atoms with van der Waals surface area (Å²) in [4.78, 5) is 13.2. The number of anilines is 2. The number of rotatable bonds is 8. The van der Waals surface area contributed by atoms with Gasteiger partial charge in [0.05, 0.1) is 12.3 Å². The van der Waals surface area contributed by atoms with Crippen molar-refractivity contribution in [2.75, 3.05) is 43.4 Å². The Balaban J connectivity index is 1.68. The van der Waals surface area contributed by atoms with E-state index >= 15 is 0 Å². The molecule has 2 aromatic rings. The topological polar surface area (TPSA) is 95.0 Å². The molecule has 3 rings (SSSR count). The molecule has 0 atom stereocenters. The van der Waals surface area contributed by atoms with E-state index in [1.54, 1.807) is 12.4 Å². The molecular formula is C18H26N6O. The van der Waals surface area contributed by atoms with Crippen LogP contribution in [0.25, 0.3) is 11.3 Å². The summed E-state index contributed by atoms with van der Waals surface area (Å²) in [6, 6.07) is 5.82. The van der Waals surface area contributed by atoms with Gasteiger partial charge in [0.15, 0.2) is 0 Å². The molecule has 25 heavy (non-hydrogen) atoms. The minimum Gasteiger partial charge on any atom is -0.395 e. The number of nitrogens with one attached hydrogen (secondary N) is 3. The molecule has 0 aromatic carbocycles. The Bertz CT molecular complexity index is 645. The summed E-state index contributed by atoms with van der Waals surface area (Å²) >= 11 is 0. The summed E-state index contributed by atoms with van der Waals surface area (Å²) in [5.74, 6) is 2.09. The van der Waals surface area contributed by atoms with Crippen LogP contribution in [0.4, 0.5) is 11.8 Å². The highest BCUT2D eigenvalue weighted by atomic mass is 16.3. The molecule has 7 heteroatoms. The molecule has 0 amide bonds. The van der Waals surface area contributed by atoms with Crippen LogP contribution in [-0.2, 0) is 0 Å². The fraction of sp³-hybridized carbons (Fsp3) is 0.500. The van der Waals surface area contributed by atoms with Crippen molar-refractivity contribution in [2.45, 2.75) is 19.3 Å². The number of aliphatic hydroxyl groups is 1. The third kappa shape index (κ3) is 5.37. The zero-order valence-corrected chi connectivity index (χ0v) is 14.4. The van der Waals surface area contributed by atoms with Crippen molar-refractivity contribution in [2.24, 2.45) is 5.92 Å². The van der Waals surface area contributed by atoms with E-state index in [1.165, 1.54) is 12.8 Å².